The minimum Gasteiger partial charge on any atom is -0.491 e. The molecular weight excluding hydrogens is 302 g/mol. The van der Waals surface area contributed by atoms with Crippen LogP contribution in [0.5, 0.6) is 5.75 Å². The van der Waals surface area contributed by atoms with Crippen LogP contribution < -0.4 is 4.74 Å². The quantitative estimate of drug-likeness (QED) is 0.758. The monoisotopic (exact) mass is 319 g/mol. The lowest BCUT2D eigenvalue weighted by molar-refractivity contribution is 0.0893. The van der Waals surface area contributed by atoms with Crippen molar-refractivity contribution in [2.45, 2.75) is 12.6 Å². The largest absolute Gasteiger partial charge is 0.491 e. The summed E-state index contributed by atoms with van der Waals surface area (Å²) in [7, 11) is 0. The van der Waals surface area contributed by atoms with E-state index in [2.05, 4.69) is 11.2 Å². The van der Waals surface area contributed by atoms with E-state index in [1.807, 2.05) is 36.5 Å². The minimum atomic E-state index is -0.677. The van der Waals surface area contributed by atoms with Crippen LogP contribution in [0.3, 0.4) is 0 Å². The first kappa shape index (κ1) is 15.8. The normalized spacial score (nSPS) is 11.7. The number of aromatic nitrogens is 2. The van der Waals surface area contributed by atoms with Gasteiger partial charge in [-0.2, -0.15) is 10.4 Å². The van der Waals surface area contributed by atoms with Crippen molar-refractivity contribution in [3.05, 3.63) is 72.6 Å². The maximum Gasteiger partial charge on any atom is 0.119 e. The highest BCUT2D eigenvalue weighted by atomic mass is 16.5. The van der Waals surface area contributed by atoms with Crippen LogP contribution in [0.25, 0.3) is 11.1 Å². The van der Waals surface area contributed by atoms with E-state index in [4.69, 9.17) is 10.00 Å². The summed E-state index contributed by atoms with van der Waals surface area (Å²) in [5, 5.41) is 23.1. The molecule has 0 saturated carbocycles. The second-order valence-electron chi connectivity index (χ2n) is 5.42. The summed E-state index contributed by atoms with van der Waals surface area (Å²) in [5.41, 5.74) is 2.68. The molecular formula is C19H17N3O2. The van der Waals surface area contributed by atoms with Crippen LogP contribution in [0.15, 0.2) is 67.0 Å². The Bertz CT molecular complexity index is 820. The van der Waals surface area contributed by atoms with Crippen LogP contribution >= 0.6 is 0 Å². The molecule has 0 radical (unpaired) electrons. The van der Waals surface area contributed by atoms with Gasteiger partial charge in [-0.25, -0.2) is 0 Å². The van der Waals surface area contributed by atoms with Gasteiger partial charge in [0.2, 0.25) is 0 Å². The molecule has 0 aliphatic rings. The third kappa shape index (κ3) is 4.00. The average molecular weight is 319 g/mol. The van der Waals surface area contributed by atoms with Gasteiger partial charge < -0.3 is 9.84 Å². The lowest BCUT2D eigenvalue weighted by Gasteiger charge is -2.12. The zero-order valence-corrected chi connectivity index (χ0v) is 13.0. The van der Waals surface area contributed by atoms with Crippen LogP contribution in [0, 0.1) is 11.3 Å². The number of nitriles is 1. The van der Waals surface area contributed by atoms with Gasteiger partial charge >= 0.3 is 0 Å². The number of ether oxygens (including phenoxy) is 1. The van der Waals surface area contributed by atoms with Crippen molar-refractivity contribution in [1.29, 1.82) is 5.26 Å². The van der Waals surface area contributed by atoms with Gasteiger partial charge in [-0.1, -0.05) is 30.3 Å². The van der Waals surface area contributed by atoms with Crippen molar-refractivity contribution in [2.75, 3.05) is 6.61 Å². The molecule has 0 fully saturated rings. The molecule has 0 aliphatic heterocycles. The van der Waals surface area contributed by atoms with Gasteiger partial charge in [0.05, 0.1) is 24.4 Å². The lowest BCUT2D eigenvalue weighted by Crippen LogP contribution is -2.23. The molecule has 0 aliphatic carbocycles. The number of benzene rings is 2. The van der Waals surface area contributed by atoms with Crippen molar-refractivity contribution < 1.29 is 9.84 Å². The number of hydrogen-bond donors (Lipinski definition) is 1. The Balaban J connectivity index is 1.54. The van der Waals surface area contributed by atoms with Crippen LogP contribution in [0.1, 0.15) is 5.56 Å². The summed E-state index contributed by atoms with van der Waals surface area (Å²) < 4.78 is 7.23. The molecule has 0 amide bonds. The second kappa shape index (κ2) is 7.44. The fourth-order valence-electron chi connectivity index (χ4n) is 2.33. The van der Waals surface area contributed by atoms with E-state index >= 15 is 0 Å². The maximum absolute atomic E-state index is 10.1. The van der Waals surface area contributed by atoms with Crippen molar-refractivity contribution in [3.8, 4) is 22.9 Å². The van der Waals surface area contributed by atoms with Gasteiger partial charge in [0.25, 0.3) is 0 Å². The number of aliphatic hydroxyl groups excluding tert-OH is 1. The first-order valence-corrected chi connectivity index (χ1v) is 7.63. The van der Waals surface area contributed by atoms with E-state index in [1.165, 1.54) is 0 Å². The molecule has 2 aromatic carbocycles. The predicted molar refractivity (Wildman–Crippen MR) is 90.3 cm³/mol. The van der Waals surface area contributed by atoms with Gasteiger partial charge in [-0.15, -0.1) is 0 Å². The average Bonchev–Trinajstić information content (AvgIpc) is 3.09. The molecule has 120 valence electrons. The van der Waals surface area contributed by atoms with Crippen molar-refractivity contribution in [1.82, 2.24) is 9.78 Å². The highest BCUT2D eigenvalue weighted by Gasteiger charge is 2.09. The maximum atomic E-state index is 10.1. The van der Waals surface area contributed by atoms with Gasteiger partial charge in [0.15, 0.2) is 0 Å². The molecule has 1 N–H and O–H groups in total. The molecule has 5 heteroatoms. The van der Waals surface area contributed by atoms with E-state index in [0.29, 0.717) is 17.9 Å². The van der Waals surface area contributed by atoms with Crippen molar-refractivity contribution in [3.63, 3.8) is 0 Å². The highest BCUT2D eigenvalue weighted by molar-refractivity contribution is 5.61. The second-order valence-corrected chi connectivity index (χ2v) is 5.42. The van der Waals surface area contributed by atoms with E-state index in [-0.39, 0.29) is 6.61 Å². The molecule has 1 heterocycles. The zero-order chi connectivity index (χ0) is 16.8. The summed E-state index contributed by atoms with van der Waals surface area (Å²) >= 11 is 0. The Labute approximate surface area is 140 Å². The number of aliphatic hydroxyl groups is 1. The predicted octanol–water partition coefficient (Wildman–Crippen LogP) is 2.86. The molecule has 1 aromatic heterocycles. The summed E-state index contributed by atoms with van der Waals surface area (Å²) in [4.78, 5) is 0. The Morgan fingerprint density at radius 3 is 2.54 bits per heavy atom. The van der Waals surface area contributed by atoms with Gasteiger partial charge in [0.1, 0.15) is 18.5 Å². The number of rotatable bonds is 6. The Morgan fingerprint density at radius 1 is 1.08 bits per heavy atom. The van der Waals surface area contributed by atoms with Crippen LogP contribution in [0.2, 0.25) is 0 Å². The first-order valence-electron chi connectivity index (χ1n) is 7.63. The zero-order valence-electron chi connectivity index (χ0n) is 13.0. The van der Waals surface area contributed by atoms with E-state index < -0.39 is 6.10 Å². The molecule has 0 unspecified atom stereocenters. The van der Waals surface area contributed by atoms with Crippen LogP contribution in [-0.4, -0.2) is 27.6 Å². The van der Waals surface area contributed by atoms with Crippen LogP contribution in [-0.2, 0) is 6.54 Å². The molecule has 0 saturated heterocycles. The SMILES string of the molecule is N#Cc1ccc(OC[C@@H](O)Cn2cc(-c3ccccc3)cn2)cc1. The lowest BCUT2D eigenvalue weighted by atomic mass is 10.1. The fraction of sp³-hybridized carbons (Fsp3) is 0.158. The van der Waals surface area contributed by atoms with E-state index in [0.717, 1.165) is 11.1 Å². The standard InChI is InChI=1S/C19H17N3O2/c20-10-15-6-8-19(9-7-15)24-14-18(23)13-22-12-17(11-21-22)16-4-2-1-3-5-16/h1-9,11-12,18,23H,13-14H2/t18-/m0/s1. The van der Waals surface area contributed by atoms with E-state index in [1.54, 1.807) is 35.1 Å². The summed E-state index contributed by atoms with van der Waals surface area (Å²) in [6, 6.07) is 18.8. The third-order valence-corrected chi connectivity index (χ3v) is 3.56. The molecule has 24 heavy (non-hydrogen) atoms. The minimum absolute atomic E-state index is 0.159. The van der Waals surface area contributed by atoms with Gasteiger partial charge in [-0.05, 0) is 29.8 Å². The Kier molecular flexibility index (Phi) is 4.90. The molecule has 1 atom stereocenters. The summed E-state index contributed by atoms with van der Waals surface area (Å²) in [6.45, 7) is 0.509. The van der Waals surface area contributed by atoms with Gasteiger partial charge in [0, 0.05) is 11.8 Å². The third-order valence-electron chi connectivity index (χ3n) is 3.56. The molecule has 0 bridgehead atoms. The smallest absolute Gasteiger partial charge is 0.119 e. The number of nitrogens with zero attached hydrogens (tertiary/aromatic N) is 3. The summed E-state index contributed by atoms with van der Waals surface area (Å²) in [6.07, 6.45) is 3.01. The van der Waals surface area contributed by atoms with E-state index in [9.17, 15) is 5.11 Å². The molecule has 3 aromatic rings. The fourth-order valence-corrected chi connectivity index (χ4v) is 2.33. The van der Waals surface area contributed by atoms with Crippen molar-refractivity contribution >= 4 is 0 Å². The van der Waals surface area contributed by atoms with Crippen molar-refractivity contribution in [2.24, 2.45) is 0 Å². The Morgan fingerprint density at radius 2 is 1.83 bits per heavy atom. The molecule has 3 rings (SSSR count). The van der Waals surface area contributed by atoms with Crippen LogP contribution in [0.4, 0.5) is 0 Å². The van der Waals surface area contributed by atoms with Gasteiger partial charge in [-0.3, -0.25) is 4.68 Å². The number of hydrogen-bond acceptors (Lipinski definition) is 4. The molecule has 0 spiro atoms. The first-order chi connectivity index (χ1) is 11.7. The topological polar surface area (TPSA) is 71.1 Å². The molecule has 5 nitrogen and oxygen atoms in total. The Hall–Kier alpha value is -3.10. The highest BCUT2D eigenvalue weighted by Crippen LogP contribution is 2.17. The summed E-state index contributed by atoms with van der Waals surface area (Å²) in [5.74, 6) is 0.624.